The molecule has 2 atom stereocenters. The lowest BCUT2D eigenvalue weighted by molar-refractivity contribution is -0.134. The van der Waals surface area contributed by atoms with Gasteiger partial charge in [0.1, 0.15) is 0 Å². The molecule has 0 heterocycles. The van der Waals surface area contributed by atoms with Crippen molar-refractivity contribution in [1.29, 1.82) is 0 Å². The highest BCUT2D eigenvalue weighted by Crippen LogP contribution is 2.38. The van der Waals surface area contributed by atoms with E-state index in [0.29, 0.717) is 36.3 Å². The summed E-state index contributed by atoms with van der Waals surface area (Å²) in [6.45, 7) is 6.93. The fourth-order valence-corrected chi connectivity index (χ4v) is 2.57. The molecule has 2 rings (SSSR count). The van der Waals surface area contributed by atoms with Gasteiger partial charge in [0, 0.05) is 24.7 Å². The SMILES string of the molecule is CCOc1ccc(NC(=O)CN(C)C(=O)[C@H]2C[C@@H]2C)cc1OCC. The predicted molar refractivity (Wildman–Crippen MR) is 92.3 cm³/mol. The number of rotatable bonds is 8. The first-order valence-corrected chi connectivity index (χ1v) is 8.40. The van der Waals surface area contributed by atoms with Crippen molar-refractivity contribution in [2.75, 3.05) is 32.1 Å². The second kappa shape index (κ2) is 8.04. The van der Waals surface area contributed by atoms with Gasteiger partial charge in [-0.1, -0.05) is 6.92 Å². The molecule has 2 amide bonds. The highest BCUT2D eigenvalue weighted by atomic mass is 16.5. The monoisotopic (exact) mass is 334 g/mol. The van der Waals surface area contributed by atoms with Crippen LogP contribution < -0.4 is 14.8 Å². The van der Waals surface area contributed by atoms with E-state index in [1.807, 2.05) is 20.8 Å². The van der Waals surface area contributed by atoms with Crippen LogP contribution in [0.2, 0.25) is 0 Å². The fourth-order valence-electron chi connectivity index (χ4n) is 2.57. The first kappa shape index (κ1) is 18.1. The Bertz CT molecular complexity index is 603. The summed E-state index contributed by atoms with van der Waals surface area (Å²) in [5.41, 5.74) is 0.618. The van der Waals surface area contributed by atoms with Crippen LogP contribution >= 0.6 is 0 Å². The minimum absolute atomic E-state index is 0.0409. The first-order chi connectivity index (χ1) is 11.5. The minimum Gasteiger partial charge on any atom is -0.490 e. The molecular weight excluding hydrogens is 308 g/mol. The van der Waals surface area contributed by atoms with Crippen LogP contribution in [0.4, 0.5) is 5.69 Å². The van der Waals surface area contributed by atoms with Crippen LogP contribution in [0.25, 0.3) is 0 Å². The number of nitrogens with zero attached hydrogens (tertiary/aromatic N) is 1. The molecule has 0 saturated heterocycles. The number of hydrogen-bond acceptors (Lipinski definition) is 4. The van der Waals surface area contributed by atoms with E-state index in [0.717, 1.165) is 6.42 Å². The number of likely N-dealkylation sites (N-methyl/N-ethyl adjacent to an activating group) is 1. The van der Waals surface area contributed by atoms with Crippen molar-refractivity contribution in [3.63, 3.8) is 0 Å². The van der Waals surface area contributed by atoms with Gasteiger partial charge in [-0.3, -0.25) is 9.59 Å². The van der Waals surface area contributed by atoms with Gasteiger partial charge >= 0.3 is 0 Å². The van der Waals surface area contributed by atoms with E-state index < -0.39 is 0 Å². The second-order valence-corrected chi connectivity index (χ2v) is 6.09. The average Bonchev–Trinajstić information content (AvgIpc) is 3.26. The molecule has 132 valence electrons. The van der Waals surface area contributed by atoms with Crippen LogP contribution in [0.1, 0.15) is 27.2 Å². The van der Waals surface area contributed by atoms with Crippen molar-refractivity contribution >= 4 is 17.5 Å². The summed E-state index contributed by atoms with van der Waals surface area (Å²) in [6, 6.07) is 5.26. The third-order valence-corrected chi connectivity index (χ3v) is 4.01. The molecule has 1 saturated carbocycles. The van der Waals surface area contributed by atoms with Crippen LogP contribution in [-0.4, -0.2) is 43.5 Å². The van der Waals surface area contributed by atoms with E-state index in [1.54, 1.807) is 25.2 Å². The lowest BCUT2D eigenvalue weighted by Crippen LogP contribution is -2.36. The van der Waals surface area contributed by atoms with Crippen molar-refractivity contribution in [2.45, 2.75) is 27.2 Å². The Morgan fingerprint density at radius 2 is 1.83 bits per heavy atom. The van der Waals surface area contributed by atoms with Gasteiger partial charge in [-0.15, -0.1) is 0 Å². The summed E-state index contributed by atoms with van der Waals surface area (Å²) < 4.78 is 11.0. The summed E-state index contributed by atoms with van der Waals surface area (Å²) in [4.78, 5) is 25.7. The van der Waals surface area contributed by atoms with E-state index in [1.165, 1.54) is 4.90 Å². The highest BCUT2D eigenvalue weighted by Gasteiger charge is 2.40. The van der Waals surface area contributed by atoms with Crippen molar-refractivity contribution in [3.8, 4) is 11.5 Å². The molecule has 1 aliphatic rings. The van der Waals surface area contributed by atoms with E-state index in [-0.39, 0.29) is 24.3 Å². The van der Waals surface area contributed by atoms with Gasteiger partial charge in [-0.2, -0.15) is 0 Å². The molecular formula is C18H26N2O4. The standard InChI is InChI=1S/C18H26N2O4/c1-5-23-15-8-7-13(10-16(15)24-6-2)19-17(21)11-20(4)18(22)14-9-12(14)3/h7-8,10,12,14H,5-6,9,11H2,1-4H3,(H,19,21)/t12-,14-/m0/s1. The smallest absolute Gasteiger partial charge is 0.243 e. The van der Waals surface area contributed by atoms with Crippen LogP contribution in [0.5, 0.6) is 11.5 Å². The largest absolute Gasteiger partial charge is 0.490 e. The van der Waals surface area contributed by atoms with Gasteiger partial charge in [-0.05, 0) is 38.3 Å². The second-order valence-electron chi connectivity index (χ2n) is 6.09. The lowest BCUT2D eigenvalue weighted by atomic mass is 10.2. The molecule has 0 bridgehead atoms. The number of anilines is 1. The third-order valence-electron chi connectivity index (χ3n) is 4.01. The summed E-state index contributed by atoms with van der Waals surface area (Å²) in [5.74, 6) is 1.56. The normalized spacial score (nSPS) is 18.7. The van der Waals surface area contributed by atoms with Crippen LogP contribution in [0, 0.1) is 11.8 Å². The Hall–Kier alpha value is -2.24. The first-order valence-electron chi connectivity index (χ1n) is 8.40. The number of hydrogen-bond donors (Lipinski definition) is 1. The zero-order chi connectivity index (χ0) is 17.7. The molecule has 1 aliphatic carbocycles. The van der Waals surface area contributed by atoms with Crippen molar-refractivity contribution < 1.29 is 19.1 Å². The number of carbonyl (C=O) groups excluding carboxylic acids is 2. The van der Waals surface area contributed by atoms with Gasteiger partial charge in [0.15, 0.2) is 11.5 Å². The van der Waals surface area contributed by atoms with Crippen LogP contribution in [-0.2, 0) is 9.59 Å². The number of carbonyl (C=O) groups is 2. The summed E-state index contributed by atoms with van der Waals surface area (Å²) in [5, 5.41) is 2.80. The maximum atomic E-state index is 12.2. The van der Waals surface area contributed by atoms with Crippen molar-refractivity contribution in [1.82, 2.24) is 4.90 Å². The van der Waals surface area contributed by atoms with E-state index in [4.69, 9.17) is 9.47 Å². The van der Waals surface area contributed by atoms with Crippen LogP contribution in [0.3, 0.4) is 0 Å². The molecule has 0 radical (unpaired) electrons. The number of amides is 2. The molecule has 1 fully saturated rings. The highest BCUT2D eigenvalue weighted by molar-refractivity contribution is 5.95. The Morgan fingerprint density at radius 1 is 1.21 bits per heavy atom. The molecule has 1 aromatic rings. The van der Waals surface area contributed by atoms with Crippen molar-refractivity contribution in [2.24, 2.45) is 11.8 Å². The quantitative estimate of drug-likeness (QED) is 0.793. The average molecular weight is 334 g/mol. The zero-order valence-electron chi connectivity index (χ0n) is 14.8. The maximum absolute atomic E-state index is 12.2. The van der Waals surface area contributed by atoms with Gasteiger partial charge in [0.05, 0.1) is 19.8 Å². The number of ether oxygens (including phenoxy) is 2. The molecule has 0 aromatic heterocycles. The minimum atomic E-state index is -0.231. The molecule has 6 nitrogen and oxygen atoms in total. The summed E-state index contributed by atoms with van der Waals surface area (Å²) >= 11 is 0. The Morgan fingerprint density at radius 3 is 2.42 bits per heavy atom. The Labute approximate surface area is 143 Å². The van der Waals surface area contributed by atoms with Crippen LogP contribution in [0.15, 0.2) is 18.2 Å². The topological polar surface area (TPSA) is 67.9 Å². The molecule has 0 spiro atoms. The molecule has 1 N–H and O–H groups in total. The molecule has 24 heavy (non-hydrogen) atoms. The number of nitrogens with one attached hydrogen (secondary N) is 1. The van der Waals surface area contributed by atoms with Gasteiger partial charge in [0.2, 0.25) is 11.8 Å². The molecule has 6 heteroatoms. The van der Waals surface area contributed by atoms with E-state index in [2.05, 4.69) is 5.32 Å². The maximum Gasteiger partial charge on any atom is 0.243 e. The summed E-state index contributed by atoms with van der Waals surface area (Å²) in [6.07, 6.45) is 0.918. The van der Waals surface area contributed by atoms with Gasteiger partial charge in [0.25, 0.3) is 0 Å². The van der Waals surface area contributed by atoms with Crippen molar-refractivity contribution in [3.05, 3.63) is 18.2 Å². The van der Waals surface area contributed by atoms with E-state index >= 15 is 0 Å². The third kappa shape index (κ3) is 4.63. The molecule has 0 unspecified atom stereocenters. The van der Waals surface area contributed by atoms with Gasteiger partial charge in [-0.25, -0.2) is 0 Å². The molecule has 1 aromatic carbocycles. The Kier molecular flexibility index (Phi) is 6.06. The summed E-state index contributed by atoms with van der Waals surface area (Å²) in [7, 11) is 1.66. The molecule has 0 aliphatic heterocycles. The van der Waals surface area contributed by atoms with E-state index in [9.17, 15) is 9.59 Å². The zero-order valence-corrected chi connectivity index (χ0v) is 14.8. The predicted octanol–water partition coefficient (Wildman–Crippen LogP) is 2.54. The lowest BCUT2D eigenvalue weighted by Gasteiger charge is -2.17. The number of benzene rings is 1. The Balaban J connectivity index is 1.95. The van der Waals surface area contributed by atoms with Gasteiger partial charge < -0.3 is 19.7 Å². The fraction of sp³-hybridized carbons (Fsp3) is 0.556.